The molecule has 44 heavy (non-hydrogen) atoms. The van der Waals surface area contributed by atoms with Crippen molar-refractivity contribution >= 4 is 6.09 Å². The van der Waals surface area contributed by atoms with E-state index >= 15 is 0 Å². The second kappa shape index (κ2) is 31.1. The molecule has 0 atom stereocenters. The van der Waals surface area contributed by atoms with Crippen LogP contribution in [0.5, 0.6) is 0 Å². The Morgan fingerprint density at radius 2 is 1.14 bits per heavy atom. The summed E-state index contributed by atoms with van der Waals surface area (Å²) < 4.78 is 5.77. The van der Waals surface area contributed by atoms with Crippen molar-refractivity contribution in [3.05, 3.63) is 49.1 Å². The van der Waals surface area contributed by atoms with Crippen LogP contribution in [-0.2, 0) is 4.74 Å². The Morgan fingerprint density at radius 1 is 0.659 bits per heavy atom. The molecule has 1 saturated heterocycles. The fourth-order valence-electron chi connectivity index (χ4n) is 5.59. The molecule has 1 heterocycles. The van der Waals surface area contributed by atoms with Gasteiger partial charge in [0, 0.05) is 45.8 Å². The predicted molar refractivity (Wildman–Crippen MR) is 192 cm³/mol. The molecule has 0 bridgehead atoms. The zero-order chi connectivity index (χ0) is 31.8. The molecule has 0 spiro atoms. The largest absolute Gasteiger partial charge is 0.448 e. The van der Waals surface area contributed by atoms with Crippen LogP contribution in [0, 0.1) is 0 Å². The summed E-state index contributed by atoms with van der Waals surface area (Å²) >= 11 is 0. The molecule has 0 N–H and O–H groups in total. The summed E-state index contributed by atoms with van der Waals surface area (Å²) in [5, 5.41) is 0. The van der Waals surface area contributed by atoms with Crippen LogP contribution in [0.2, 0.25) is 0 Å². The predicted octanol–water partition coefficient (Wildman–Crippen LogP) is 10.3. The van der Waals surface area contributed by atoms with Gasteiger partial charge in [-0.15, -0.1) is 6.58 Å². The van der Waals surface area contributed by atoms with E-state index in [1.165, 1.54) is 103 Å². The minimum absolute atomic E-state index is 0.104. The van der Waals surface area contributed by atoms with Crippen LogP contribution in [0.1, 0.15) is 135 Å². The first-order chi connectivity index (χ1) is 21.7. The first-order valence-electron chi connectivity index (χ1n) is 18.6. The number of piperazine rings is 1. The average molecular weight is 614 g/mol. The SMILES string of the molecule is C=CC/C=C\CCCCCCCCN(CCCCCCCC/C=C\C/C=C\CCCCC)C(=O)OCCN1CCN(C)CC1. The van der Waals surface area contributed by atoms with Gasteiger partial charge < -0.3 is 14.5 Å². The van der Waals surface area contributed by atoms with Gasteiger partial charge in [-0.1, -0.05) is 114 Å². The van der Waals surface area contributed by atoms with Crippen molar-refractivity contribution in [1.82, 2.24) is 14.7 Å². The number of hydrogen-bond acceptors (Lipinski definition) is 4. The van der Waals surface area contributed by atoms with Gasteiger partial charge in [0.05, 0.1) is 0 Å². The molecule has 0 radical (unpaired) electrons. The molecular weight excluding hydrogens is 542 g/mol. The van der Waals surface area contributed by atoms with Crippen LogP contribution in [0.4, 0.5) is 4.79 Å². The van der Waals surface area contributed by atoms with Gasteiger partial charge in [0.2, 0.25) is 0 Å². The molecule has 1 fully saturated rings. The highest BCUT2D eigenvalue weighted by Crippen LogP contribution is 2.12. The smallest absolute Gasteiger partial charge is 0.409 e. The van der Waals surface area contributed by atoms with Crippen molar-refractivity contribution in [2.75, 3.05) is 59.5 Å². The standard InChI is InChI=1S/C39H71N3O2/c1-4-6-8-10-12-14-16-17-18-19-20-22-24-26-28-30-32-42(31-29-27-25-23-21-15-13-11-9-7-5-2)39(43)44-38-37-41-35-33-40(3)34-36-41/h5,9,11-12,14,17-18H,2,4,6-8,10,13,15-16,19-38H2,1,3H3/b11-9-,14-12-,18-17-. The first kappa shape index (κ1) is 40.2. The third kappa shape index (κ3) is 25.5. The zero-order valence-corrected chi connectivity index (χ0v) is 29.2. The van der Waals surface area contributed by atoms with Crippen molar-refractivity contribution < 1.29 is 9.53 Å². The Morgan fingerprint density at radius 3 is 1.66 bits per heavy atom. The molecule has 0 unspecified atom stereocenters. The molecule has 0 aromatic carbocycles. The molecule has 0 aromatic heterocycles. The lowest BCUT2D eigenvalue weighted by Crippen LogP contribution is -2.46. The summed E-state index contributed by atoms with van der Waals surface area (Å²) in [6, 6.07) is 0. The maximum atomic E-state index is 13.0. The Labute approximate surface area is 273 Å². The van der Waals surface area contributed by atoms with Gasteiger partial charge >= 0.3 is 6.09 Å². The summed E-state index contributed by atoms with van der Waals surface area (Å²) in [5.41, 5.74) is 0. The highest BCUT2D eigenvalue weighted by molar-refractivity contribution is 5.67. The van der Waals surface area contributed by atoms with Crippen LogP contribution in [0.25, 0.3) is 0 Å². The van der Waals surface area contributed by atoms with Gasteiger partial charge in [0.15, 0.2) is 0 Å². The van der Waals surface area contributed by atoms with Gasteiger partial charge in [0.25, 0.3) is 0 Å². The second-order valence-corrected chi connectivity index (χ2v) is 12.7. The highest BCUT2D eigenvalue weighted by atomic mass is 16.6. The summed E-state index contributed by atoms with van der Waals surface area (Å²) in [5.74, 6) is 0. The number of likely N-dealkylation sites (N-methyl/N-ethyl adjacent to an activating group) is 1. The van der Waals surface area contributed by atoms with Crippen LogP contribution in [-0.4, -0.2) is 80.3 Å². The van der Waals surface area contributed by atoms with Crippen molar-refractivity contribution in [2.45, 2.75) is 135 Å². The van der Waals surface area contributed by atoms with Gasteiger partial charge in [-0.2, -0.15) is 0 Å². The second-order valence-electron chi connectivity index (χ2n) is 12.7. The Bertz CT molecular complexity index is 740. The van der Waals surface area contributed by atoms with Gasteiger partial charge in [0.1, 0.15) is 6.61 Å². The molecular formula is C39H71N3O2. The van der Waals surface area contributed by atoms with Crippen molar-refractivity contribution in [3.63, 3.8) is 0 Å². The lowest BCUT2D eigenvalue weighted by molar-refractivity contribution is 0.0782. The molecule has 1 aliphatic rings. The van der Waals surface area contributed by atoms with Crippen molar-refractivity contribution in [1.29, 1.82) is 0 Å². The summed E-state index contributed by atoms with van der Waals surface area (Å²) in [4.78, 5) is 19.8. The zero-order valence-electron chi connectivity index (χ0n) is 29.2. The summed E-state index contributed by atoms with van der Waals surface area (Å²) in [6.07, 6.45) is 40.1. The van der Waals surface area contributed by atoms with E-state index in [9.17, 15) is 4.79 Å². The van der Waals surface area contributed by atoms with Gasteiger partial charge in [-0.05, 0) is 71.3 Å². The van der Waals surface area contributed by atoms with Crippen molar-refractivity contribution in [3.8, 4) is 0 Å². The number of rotatable bonds is 29. The fraction of sp³-hybridized carbons (Fsp3) is 0.769. The van der Waals surface area contributed by atoms with E-state index in [4.69, 9.17) is 4.74 Å². The minimum Gasteiger partial charge on any atom is -0.448 e. The number of carbonyl (C=O) groups is 1. The number of allylic oxidation sites excluding steroid dienone is 7. The monoisotopic (exact) mass is 614 g/mol. The average Bonchev–Trinajstić information content (AvgIpc) is 3.03. The Hall–Kier alpha value is -1.85. The lowest BCUT2D eigenvalue weighted by Gasteiger charge is -2.32. The molecule has 5 heteroatoms. The normalized spacial score (nSPS) is 14.8. The molecule has 254 valence electrons. The van der Waals surface area contributed by atoms with E-state index in [1.54, 1.807) is 0 Å². The molecule has 0 saturated carbocycles. The van der Waals surface area contributed by atoms with E-state index in [2.05, 4.69) is 66.8 Å². The Balaban J connectivity index is 2.20. The fourth-order valence-corrected chi connectivity index (χ4v) is 5.59. The molecule has 1 aliphatic heterocycles. The lowest BCUT2D eigenvalue weighted by atomic mass is 10.1. The number of carbonyl (C=O) groups excluding carboxylic acids is 1. The number of ether oxygens (including phenoxy) is 1. The van der Waals surface area contributed by atoms with Crippen LogP contribution in [0.3, 0.4) is 0 Å². The van der Waals surface area contributed by atoms with E-state index < -0.39 is 0 Å². The van der Waals surface area contributed by atoms with E-state index in [0.717, 1.165) is 71.5 Å². The number of nitrogens with zero attached hydrogens (tertiary/aromatic N) is 3. The third-order valence-electron chi connectivity index (χ3n) is 8.63. The van der Waals surface area contributed by atoms with Crippen LogP contribution in [0.15, 0.2) is 49.1 Å². The molecule has 0 aliphatic carbocycles. The first-order valence-corrected chi connectivity index (χ1v) is 18.6. The molecule has 5 nitrogen and oxygen atoms in total. The number of amides is 1. The number of unbranched alkanes of at least 4 members (excludes halogenated alkanes) is 15. The van der Waals surface area contributed by atoms with Crippen LogP contribution < -0.4 is 0 Å². The maximum absolute atomic E-state index is 13.0. The summed E-state index contributed by atoms with van der Waals surface area (Å²) in [7, 11) is 2.17. The van der Waals surface area contributed by atoms with E-state index in [0.29, 0.717) is 6.61 Å². The molecule has 0 aromatic rings. The topological polar surface area (TPSA) is 36.0 Å². The minimum atomic E-state index is -0.104. The van der Waals surface area contributed by atoms with E-state index in [1.807, 2.05) is 11.0 Å². The third-order valence-corrected chi connectivity index (χ3v) is 8.63. The van der Waals surface area contributed by atoms with E-state index in [-0.39, 0.29) is 6.09 Å². The quantitative estimate of drug-likeness (QED) is 0.0621. The molecule has 1 amide bonds. The van der Waals surface area contributed by atoms with Crippen molar-refractivity contribution in [2.24, 2.45) is 0 Å². The maximum Gasteiger partial charge on any atom is 0.409 e. The highest BCUT2D eigenvalue weighted by Gasteiger charge is 2.17. The molecule has 1 rings (SSSR count). The van der Waals surface area contributed by atoms with Gasteiger partial charge in [-0.3, -0.25) is 4.90 Å². The number of hydrogen-bond donors (Lipinski definition) is 0. The van der Waals surface area contributed by atoms with Gasteiger partial charge in [-0.25, -0.2) is 4.79 Å². The Kier molecular flexibility index (Phi) is 28.4. The summed E-state index contributed by atoms with van der Waals surface area (Å²) in [6.45, 7) is 13.4. The van der Waals surface area contributed by atoms with Crippen LogP contribution >= 0.6 is 0 Å².